The van der Waals surface area contributed by atoms with Gasteiger partial charge in [0.2, 0.25) is 5.91 Å². The number of nitrogens with zero attached hydrogens (tertiary/aromatic N) is 2. The summed E-state index contributed by atoms with van der Waals surface area (Å²) in [7, 11) is 3.34. The molecular formula is C10H14N4O2. The van der Waals surface area contributed by atoms with E-state index < -0.39 is 5.91 Å². The van der Waals surface area contributed by atoms with Gasteiger partial charge in [-0.15, -0.1) is 0 Å². The molecule has 0 saturated heterocycles. The maximum Gasteiger partial charge on any atom is 0.267 e. The second-order valence-corrected chi connectivity index (χ2v) is 3.44. The summed E-state index contributed by atoms with van der Waals surface area (Å²) in [5, 5.41) is 2.88. The maximum absolute atomic E-state index is 11.3. The molecule has 0 radical (unpaired) electrons. The molecule has 0 aliphatic heterocycles. The zero-order valence-corrected chi connectivity index (χ0v) is 9.23. The maximum atomic E-state index is 11.3. The number of nitrogens with one attached hydrogen (secondary N) is 1. The fourth-order valence-electron chi connectivity index (χ4n) is 1.01. The zero-order valence-electron chi connectivity index (χ0n) is 9.23. The van der Waals surface area contributed by atoms with Crippen molar-refractivity contribution < 1.29 is 9.59 Å². The minimum Gasteiger partial charge on any atom is -0.376 e. The number of carbonyl (C=O) groups is 2. The Morgan fingerprint density at radius 2 is 2.19 bits per heavy atom. The second kappa shape index (κ2) is 5.11. The Balaban J connectivity index is 2.64. The average Bonchev–Trinajstić information content (AvgIpc) is 2.26. The van der Waals surface area contributed by atoms with Gasteiger partial charge in [0, 0.05) is 26.0 Å². The van der Waals surface area contributed by atoms with Crippen molar-refractivity contribution in [2.45, 2.75) is 0 Å². The Morgan fingerprint density at radius 1 is 1.50 bits per heavy atom. The van der Waals surface area contributed by atoms with E-state index in [-0.39, 0.29) is 18.1 Å². The van der Waals surface area contributed by atoms with E-state index in [1.165, 1.54) is 17.2 Å². The summed E-state index contributed by atoms with van der Waals surface area (Å²) < 4.78 is 0. The van der Waals surface area contributed by atoms with E-state index in [0.717, 1.165) is 0 Å². The van der Waals surface area contributed by atoms with Crippen LogP contribution in [0.25, 0.3) is 0 Å². The first-order valence-electron chi connectivity index (χ1n) is 4.70. The SMILES string of the molecule is CN(C)C(=O)CNc1ccnc(C(N)=O)c1. The molecule has 1 rings (SSSR count). The van der Waals surface area contributed by atoms with Crippen LogP contribution in [-0.2, 0) is 4.79 Å². The van der Waals surface area contributed by atoms with Crippen LogP contribution in [0.2, 0.25) is 0 Å². The van der Waals surface area contributed by atoms with Gasteiger partial charge in [-0.1, -0.05) is 0 Å². The number of nitrogens with two attached hydrogens (primary N) is 1. The minimum atomic E-state index is -0.595. The van der Waals surface area contributed by atoms with E-state index in [2.05, 4.69) is 10.3 Å². The highest BCUT2D eigenvalue weighted by Gasteiger charge is 2.05. The lowest BCUT2D eigenvalue weighted by Crippen LogP contribution is -2.28. The third kappa shape index (κ3) is 3.23. The predicted molar refractivity (Wildman–Crippen MR) is 59.9 cm³/mol. The van der Waals surface area contributed by atoms with Crippen molar-refractivity contribution in [2.24, 2.45) is 5.73 Å². The van der Waals surface area contributed by atoms with E-state index >= 15 is 0 Å². The number of rotatable bonds is 4. The molecule has 6 nitrogen and oxygen atoms in total. The Hall–Kier alpha value is -2.11. The molecule has 86 valence electrons. The molecule has 0 unspecified atom stereocenters. The van der Waals surface area contributed by atoms with Gasteiger partial charge in [-0.2, -0.15) is 0 Å². The van der Waals surface area contributed by atoms with Crippen LogP contribution in [0, 0.1) is 0 Å². The Kier molecular flexibility index (Phi) is 3.82. The van der Waals surface area contributed by atoms with Crippen LogP contribution in [0.5, 0.6) is 0 Å². The van der Waals surface area contributed by atoms with Gasteiger partial charge in [-0.05, 0) is 12.1 Å². The summed E-state index contributed by atoms with van der Waals surface area (Å²) in [6.07, 6.45) is 1.46. The smallest absolute Gasteiger partial charge is 0.267 e. The van der Waals surface area contributed by atoms with E-state index in [9.17, 15) is 9.59 Å². The molecule has 0 saturated carbocycles. The molecule has 6 heteroatoms. The van der Waals surface area contributed by atoms with Gasteiger partial charge in [-0.3, -0.25) is 14.6 Å². The molecule has 0 bridgehead atoms. The van der Waals surface area contributed by atoms with Crippen molar-refractivity contribution in [2.75, 3.05) is 26.0 Å². The fourth-order valence-corrected chi connectivity index (χ4v) is 1.01. The minimum absolute atomic E-state index is 0.0579. The normalized spacial score (nSPS) is 9.62. The quantitative estimate of drug-likeness (QED) is 0.730. The summed E-state index contributed by atoms with van der Waals surface area (Å²) in [5.41, 5.74) is 5.89. The van der Waals surface area contributed by atoms with Gasteiger partial charge in [0.15, 0.2) is 0 Å². The zero-order chi connectivity index (χ0) is 12.1. The van der Waals surface area contributed by atoms with Gasteiger partial charge in [0.1, 0.15) is 5.69 Å². The summed E-state index contributed by atoms with van der Waals surface area (Å²) in [6.45, 7) is 0.162. The van der Waals surface area contributed by atoms with Crippen LogP contribution >= 0.6 is 0 Å². The summed E-state index contributed by atoms with van der Waals surface area (Å²) in [6, 6.07) is 3.17. The molecule has 3 N–H and O–H groups in total. The molecule has 1 aromatic heterocycles. The number of hydrogen-bond acceptors (Lipinski definition) is 4. The molecule has 16 heavy (non-hydrogen) atoms. The van der Waals surface area contributed by atoms with Gasteiger partial charge < -0.3 is 16.0 Å². The highest BCUT2D eigenvalue weighted by molar-refractivity contribution is 5.91. The van der Waals surface area contributed by atoms with Crippen molar-refractivity contribution in [1.82, 2.24) is 9.88 Å². The molecule has 2 amide bonds. The second-order valence-electron chi connectivity index (χ2n) is 3.44. The number of hydrogen-bond donors (Lipinski definition) is 2. The average molecular weight is 222 g/mol. The monoisotopic (exact) mass is 222 g/mol. The van der Waals surface area contributed by atoms with Crippen LogP contribution < -0.4 is 11.1 Å². The van der Waals surface area contributed by atoms with E-state index in [1.807, 2.05) is 0 Å². The van der Waals surface area contributed by atoms with Crippen molar-refractivity contribution >= 4 is 17.5 Å². The van der Waals surface area contributed by atoms with Gasteiger partial charge in [0.25, 0.3) is 5.91 Å². The number of pyridine rings is 1. The number of likely N-dealkylation sites (N-methyl/N-ethyl adjacent to an activating group) is 1. The summed E-state index contributed by atoms with van der Waals surface area (Å²) >= 11 is 0. The first kappa shape index (κ1) is 12.0. The number of amides is 2. The highest BCUT2D eigenvalue weighted by Crippen LogP contribution is 2.06. The Labute approximate surface area is 93.4 Å². The van der Waals surface area contributed by atoms with E-state index in [4.69, 9.17) is 5.73 Å². The predicted octanol–water partition coefficient (Wildman–Crippen LogP) is -0.319. The van der Waals surface area contributed by atoms with E-state index in [0.29, 0.717) is 5.69 Å². The number of carbonyl (C=O) groups excluding carboxylic acids is 2. The van der Waals surface area contributed by atoms with Gasteiger partial charge in [-0.25, -0.2) is 0 Å². The van der Waals surface area contributed by atoms with Crippen molar-refractivity contribution in [3.8, 4) is 0 Å². The Morgan fingerprint density at radius 3 is 2.75 bits per heavy atom. The third-order valence-electron chi connectivity index (χ3n) is 1.95. The number of anilines is 1. The van der Waals surface area contributed by atoms with Crippen molar-refractivity contribution in [3.63, 3.8) is 0 Å². The van der Waals surface area contributed by atoms with Crippen molar-refractivity contribution in [1.29, 1.82) is 0 Å². The summed E-state index contributed by atoms with van der Waals surface area (Å²) in [4.78, 5) is 27.4. The largest absolute Gasteiger partial charge is 0.376 e. The standard InChI is InChI=1S/C10H14N4O2/c1-14(2)9(15)6-13-7-3-4-12-8(5-7)10(11)16/h3-5H,6H2,1-2H3,(H2,11,16)(H,12,13). The molecule has 0 atom stereocenters. The van der Waals surface area contributed by atoms with Gasteiger partial charge in [0.05, 0.1) is 6.54 Å². The first-order valence-corrected chi connectivity index (χ1v) is 4.70. The molecule has 0 aliphatic rings. The molecule has 0 aliphatic carbocycles. The third-order valence-corrected chi connectivity index (χ3v) is 1.95. The molecule has 0 aromatic carbocycles. The van der Waals surface area contributed by atoms with Crippen LogP contribution in [0.1, 0.15) is 10.5 Å². The Bertz CT molecular complexity index is 404. The fraction of sp³-hybridized carbons (Fsp3) is 0.300. The lowest BCUT2D eigenvalue weighted by molar-refractivity contribution is -0.126. The molecule has 0 fully saturated rings. The van der Waals surface area contributed by atoms with Crippen LogP contribution in [0.4, 0.5) is 5.69 Å². The molecule has 0 spiro atoms. The highest BCUT2D eigenvalue weighted by atomic mass is 16.2. The van der Waals surface area contributed by atoms with Crippen LogP contribution in [0.3, 0.4) is 0 Å². The number of aromatic nitrogens is 1. The topological polar surface area (TPSA) is 88.3 Å². The number of primary amides is 1. The van der Waals surface area contributed by atoms with Crippen LogP contribution in [0.15, 0.2) is 18.3 Å². The molecule has 1 heterocycles. The van der Waals surface area contributed by atoms with Crippen LogP contribution in [-0.4, -0.2) is 42.3 Å². The lowest BCUT2D eigenvalue weighted by atomic mass is 10.3. The summed E-state index contributed by atoms with van der Waals surface area (Å²) in [5.74, 6) is -0.653. The molecule has 1 aromatic rings. The van der Waals surface area contributed by atoms with E-state index in [1.54, 1.807) is 20.2 Å². The molecular weight excluding hydrogens is 208 g/mol. The van der Waals surface area contributed by atoms with Crippen molar-refractivity contribution in [3.05, 3.63) is 24.0 Å². The first-order chi connectivity index (χ1) is 7.50. The van der Waals surface area contributed by atoms with Gasteiger partial charge >= 0.3 is 0 Å². The lowest BCUT2D eigenvalue weighted by Gasteiger charge is -2.11.